The van der Waals surface area contributed by atoms with Crippen molar-refractivity contribution in [1.82, 2.24) is 0 Å². The fraction of sp³-hybridized carbons (Fsp3) is 0.211. The molecular weight excluding hydrogens is 339 g/mol. The molecule has 6 nitrogen and oxygen atoms in total. The van der Waals surface area contributed by atoms with Crippen molar-refractivity contribution >= 4 is 17.6 Å². The molecular formula is C19H17FN2O4. The third-order valence-corrected chi connectivity index (χ3v) is 3.42. The largest absolute Gasteiger partial charge is 0.479 e. The molecule has 134 valence electrons. The molecule has 2 aromatic rings. The number of para-hydroxylation sites is 1. The third-order valence-electron chi connectivity index (χ3n) is 3.42. The molecule has 0 aliphatic carbocycles. The number of hydrogen-bond acceptors (Lipinski definition) is 5. The summed E-state index contributed by atoms with van der Waals surface area (Å²) in [4.78, 5) is 24.1. The van der Waals surface area contributed by atoms with Gasteiger partial charge in [-0.05, 0) is 50.2 Å². The fourth-order valence-corrected chi connectivity index (χ4v) is 1.98. The average molecular weight is 356 g/mol. The van der Waals surface area contributed by atoms with E-state index in [9.17, 15) is 14.0 Å². The first-order valence-electron chi connectivity index (χ1n) is 7.83. The van der Waals surface area contributed by atoms with E-state index in [1.54, 1.807) is 30.3 Å². The van der Waals surface area contributed by atoms with E-state index in [1.165, 1.54) is 32.0 Å². The highest BCUT2D eigenvalue weighted by molar-refractivity contribution is 5.95. The van der Waals surface area contributed by atoms with Gasteiger partial charge in [-0.3, -0.25) is 4.79 Å². The number of anilines is 1. The summed E-state index contributed by atoms with van der Waals surface area (Å²) in [6.45, 7) is 2.85. The predicted octanol–water partition coefficient (Wildman–Crippen LogP) is 3.04. The third kappa shape index (κ3) is 5.05. The number of hydrogen-bond donors (Lipinski definition) is 1. The molecule has 0 aliphatic rings. The number of amides is 1. The summed E-state index contributed by atoms with van der Waals surface area (Å²) in [5, 5.41) is 11.1. The lowest BCUT2D eigenvalue weighted by Gasteiger charge is -2.18. The van der Waals surface area contributed by atoms with Crippen LogP contribution in [-0.4, -0.2) is 24.1 Å². The van der Waals surface area contributed by atoms with Gasteiger partial charge in [0.15, 0.2) is 12.2 Å². The van der Waals surface area contributed by atoms with Gasteiger partial charge in [0.1, 0.15) is 11.6 Å². The Bertz CT molecular complexity index is 830. The molecule has 0 radical (unpaired) electrons. The second-order valence-electron chi connectivity index (χ2n) is 5.44. The lowest BCUT2D eigenvalue weighted by Crippen LogP contribution is -2.35. The molecule has 7 heteroatoms. The van der Waals surface area contributed by atoms with Crippen LogP contribution in [0.1, 0.15) is 19.4 Å². The molecule has 2 aromatic carbocycles. The highest BCUT2D eigenvalue weighted by Gasteiger charge is 2.23. The summed E-state index contributed by atoms with van der Waals surface area (Å²) in [6, 6.07) is 13.9. The molecule has 0 aromatic heterocycles. The van der Waals surface area contributed by atoms with Gasteiger partial charge in [-0.2, -0.15) is 5.26 Å². The number of carbonyl (C=O) groups excluding carboxylic acids is 2. The molecule has 2 rings (SSSR count). The average Bonchev–Trinajstić information content (AvgIpc) is 2.64. The number of halogens is 1. The van der Waals surface area contributed by atoms with Gasteiger partial charge in [0.25, 0.3) is 5.91 Å². The van der Waals surface area contributed by atoms with E-state index in [0.29, 0.717) is 11.3 Å². The summed E-state index contributed by atoms with van der Waals surface area (Å²) in [5.41, 5.74) is 0.466. The topological polar surface area (TPSA) is 88.4 Å². The minimum Gasteiger partial charge on any atom is -0.479 e. The number of esters is 1. The minimum absolute atomic E-state index is 0.00211. The lowest BCUT2D eigenvalue weighted by atomic mass is 10.2. The zero-order chi connectivity index (χ0) is 19.1. The van der Waals surface area contributed by atoms with Crippen molar-refractivity contribution in [3.63, 3.8) is 0 Å². The van der Waals surface area contributed by atoms with Gasteiger partial charge in [-0.15, -0.1) is 0 Å². The molecule has 2 atom stereocenters. The maximum Gasteiger partial charge on any atom is 0.347 e. The molecule has 1 amide bonds. The fourth-order valence-electron chi connectivity index (χ4n) is 1.98. The van der Waals surface area contributed by atoms with Crippen LogP contribution in [-0.2, 0) is 14.3 Å². The summed E-state index contributed by atoms with van der Waals surface area (Å²) in [6.07, 6.45) is -2.10. The van der Waals surface area contributed by atoms with E-state index in [4.69, 9.17) is 14.7 Å². The normalized spacial score (nSPS) is 12.4. The summed E-state index contributed by atoms with van der Waals surface area (Å²) in [7, 11) is 0. The zero-order valence-corrected chi connectivity index (χ0v) is 14.2. The molecule has 0 unspecified atom stereocenters. The Hall–Kier alpha value is -3.40. The van der Waals surface area contributed by atoms with Gasteiger partial charge < -0.3 is 14.8 Å². The Morgan fingerprint density at radius 1 is 1.08 bits per heavy atom. The number of nitrogens with one attached hydrogen (secondary N) is 1. The van der Waals surface area contributed by atoms with Gasteiger partial charge >= 0.3 is 5.97 Å². The van der Waals surface area contributed by atoms with E-state index in [-0.39, 0.29) is 5.69 Å². The summed E-state index contributed by atoms with van der Waals surface area (Å²) >= 11 is 0. The Kier molecular flexibility index (Phi) is 6.28. The van der Waals surface area contributed by atoms with Crippen LogP contribution in [0.2, 0.25) is 0 Å². The van der Waals surface area contributed by atoms with Crippen LogP contribution in [0.4, 0.5) is 10.1 Å². The number of carbonyl (C=O) groups is 2. The summed E-state index contributed by atoms with van der Waals surface area (Å²) < 4.78 is 24.0. The van der Waals surface area contributed by atoms with Crippen molar-refractivity contribution in [2.75, 3.05) is 5.32 Å². The molecule has 0 fully saturated rings. The molecule has 26 heavy (non-hydrogen) atoms. The van der Waals surface area contributed by atoms with Crippen molar-refractivity contribution in [3.8, 4) is 11.8 Å². The first-order chi connectivity index (χ1) is 12.4. The van der Waals surface area contributed by atoms with Crippen molar-refractivity contribution < 1.29 is 23.5 Å². The van der Waals surface area contributed by atoms with Crippen LogP contribution in [0.25, 0.3) is 0 Å². The van der Waals surface area contributed by atoms with E-state index in [0.717, 1.165) is 0 Å². The van der Waals surface area contributed by atoms with Crippen LogP contribution in [0.3, 0.4) is 0 Å². The van der Waals surface area contributed by atoms with Gasteiger partial charge in [-0.1, -0.05) is 12.1 Å². The molecule has 1 N–H and O–H groups in total. The Labute approximate surface area is 150 Å². The highest BCUT2D eigenvalue weighted by Crippen LogP contribution is 2.15. The number of nitriles is 1. The summed E-state index contributed by atoms with van der Waals surface area (Å²) in [5.74, 6) is -1.60. The first-order valence-corrected chi connectivity index (χ1v) is 7.83. The van der Waals surface area contributed by atoms with Crippen LogP contribution in [0.5, 0.6) is 5.75 Å². The van der Waals surface area contributed by atoms with E-state index < -0.39 is 29.9 Å². The lowest BCUT2D eigenvalue weighted by molar-refractivity contribution is -0.159. The second-order valence-corrected chi connectivity index (χ2v) is 5.44. The number of rotatable bonds is 6. The van der Waals surface area contributed by atoms with Crippen molar-refractivity contribution in [2.45, 2.75) is 26.1 Å². The zero-order valence-electron chi connectivity index (χ0n) is 14.2. The monoisotopic (exact) mass is 356 g/mol. The highest BCUT2D eigenvalue weighted by atomic mass is 19.1. The minimum atomic E-state index is -1.13. The maximum absolute atomic E-state index is 13.5. The molecule has 0 heterocycles. The van der Waals surface area contributed by atoms with Gasteiger partial charge in [-0.25, -0.2) is 9.18 Å². The molecule has 0 aliphatic heterocycles. The molecule has 0 saturated heterocycles. The van der Waals surface area contributed by atoms with E-state index in [1.807, 2.05) is 6.07 Å². The van der Waals surface area contributed by atoms with Crippen LogP contribution >= 0.6 is 0 Å². The first kappa shape index (κ1) is 18.9. The SMILES string of the molecule is C[C@H](OC(=O)[C@H](C)Oc1ccc(C#N)cc1)C(=O)Nc1ccccc1F. The molecule has 0 bridgehead atoms. The van der Waals surface area contributed by atoms with Crippen molar-refractivity contribution in [1.29, 1.82) is 5.26 Å². The molecule has 0 saturated carbocycles. The van der Waals surface area contributed by atoms with Crippen LogP contribution in [0.15, 0.2) is 48.5 Å². The van der Waals surface area contributed by atoms with Gasteiger partial charge in [0.05, 0.1) is 17.3 Å². The maximum atomic E-state index is 13.5. The standard InChI is InChI=1S/C19H17FN2O4/c1-12(18(23)22-17-6-4-3-5-16(17)20)26-19(24)13(2)25-15-9-7-14(11-21)8-10-15/h3-10,12-13H,1-2H3,(H,22,23)/t12-,13-/m0/s1. The van der Waals surface area contributed by atoms with E-state index >= 15 is 0 Å². The van der Waals surface area contributed by atoms with Crippen molar-refractivity contribution in [3.05, 3.63) is 59.9 Å². The van der Waals surface area contributed by atoms with Gasteiger partial charge in [0.2, 0.25) is 0 Å². The van der Waals surface area contributed by atoms with Crippen molar-refractivity contribution in [2.24, 2.45) is 0 Å². The van der Waals surface area contributed by atoms with Crippen LogP contribution in [0, 0.1) is 17.1 Å². The quantitative estimate of drug-likeness (QED) is 0.804. The Morgan fingerprint density at radius 2 is 1.73 bits per heavy atom. The second kappa shape index (κ2) is 8.62. The van der Waals surface area contributed by atoms with E-state index in [2.05, 4.69) is 5.32 Å². The molecule has 0 spiro atoms. The number of nitrogens with zero attached hydrogens (tertiary/aromatic N) is 1. The Balaban J connectivity index is 1.89. The van der Waals surface area contributed by atoms with Gasteiger partial charge in [0, 0.05) is 0 Å². The number of ether oxygens (including phenoxy) is 2. The smallest absolute Gasteiger partial charge is 0.347 e. The predicted molar refractivity (Wildman–Crippen MR) is 91.8 cm³/mol. The number of benzene rings is 2. The van der Waals surface area contributed by atoms with Crippen LogP contribution < -0.4 is 10.1 Å². The Morgan fingerprint density at radius 3 is 2.35 bits per heavy atom.